The Balaban J connectivity index is 1.43. The Bertz CT molecular complexity index is 478. The van der Waals surface area contributed by atoms with E-state index < -0.39 is 0 Å². The van der Waals surface area contributed by atoms with Crippen LogP contribution in [0.25, 0.3) is 0 Å². The maximum Gasteiger partial charge on any atom is 0.227 e. The van der Waals surface area contributed by atoms with E-state index in [0.717, 1.165) is 65.0 Å². The van der Waals surface area contributed by atoms with E-state index in [-0.39, 0.29) is 17.2 Å². The minimum atomic E-state index is -0.277. The number of likely N-dealkylation sites (tertiary alicyclic amines) is 3. The van der Waals surface area contributed by atoms with Crippen LogP contribution in [-0.2, 0) is 9.59 Å². The largest absolute Gasteiger partial charge is 0.342 e. The molecule has 0 aliphatic carbocycles. The molecule has 142 valence electrons. The van der Waals surface area contributed by atoms with E-state index in [1.165, 1.54) is 12.8 Å². The Hall–Kier alpha value is -1.10. The molecule has 0 aromatic carbocycles. The van der Waals surface area contributed by atoms with E-state index >= 15 is 0 Å². The molecule has 0 aromatic rings. The Morgan fingerprint density at radius 1 is 0.760 bits per heavy atom. The predicted octanol–water partition coefficient (Wildman–Crippen LogP) is 2.36. The van der Waals surface area contributed by atoms with Gasteiger partial charge >= 0.3 is 0 Å². The zero-order valence-electron chi connectivity index (χ0n) is 16.3. The first kappa shape index (κ1) is 18.7. The highest BCUT2D eigenvalue weighted by Gasteiger charge is 2.35. The standard InChI is InChI=1S/C20H35N3O2/c1-20(2,3)19(25)23-14-8-17(9-15-23)21-12-6-16(7-13-21)18(24)22-10-4-5-11-22/h16-17H,4-15H2,1-3H3. The SMILES string of the molecule is CC(C)(C)C(=O)N1CCC(N2CCC(C(=O)N3CCCC3)CC2)CC1. The average Bonchev–Trinajstić information content (AvgIpc) is 3.14. The van der Waals surface area contributed by atoms with Gasteiger partial charge in [-0.2, -0.15) is 0 Å². The number of rotatable bonds is 2. The number of carbonyl (C=O) groups excluding carboxylic acids is 2. The number of carbonyl (C=O) groups is 2. The van der Waals surface area contributed by atoms with Crippen molar-refractivity contribution in [2.24, 2.45) is 11.3 Å². The lowest BCUT2D eigenvalue weighted by Crippen LogP contribution is -2.51. The molecule has 0 unspecified atom stereocenters. The topological polar surface area (TPSA) is 43.9 Å². The molecule has 3 heterocycles. The van der Waals surface area contributed by atoms with Crippen molar-refractivity contribution < 1.29 is 9.59 Å². The molecule has 0 radical (unpaired) electrons. The van der Waals surface area contributed by atoms with Gasteiger partial charge in [0.1, 0.15) is 0 Å². The first-order chi connectivity index (χ1) is 11.9. The molecule has 3 rings (SSSR count). The molecule has 0 N–H and O–H groups in total. The summed E-state index contributed by atoms with van der Waals surface area (Å²) in [7, 11) is 0. The second-order valence-corrected chi connectivity index (χ2v) is 9.12. The van der Waals surface area contributed by atoms with Crippen LogP contribution in [0.3, 0.4) is 0 Å². The van der Waals surface area contributed by atoms with Crippen molar-refractivity contribution in [3.05, 3.63) is 0 Å². The minimum Gasteiger partial charge on any atom is -0.342 e. The highest BCUT2D eigenvalue weighted by atomic mass is 16.2. The number of hydrogen-bond acceptors (Lipinski definition) is 3. The van der Waals surface area contributed by atoms with E-state index in [0.29, 0.717) is 11.9 Å². The van der Waals surface area contributed by atoms with Crippen LogP contribution < -0.4 is 0 Å². The number of piperidine rings is 2. The van der Waals surface area contributed by atoms with Crippen molar-refractivity contribution in [2.75, 3.05) is 39.3 Å². The summed E-state index contributed by atoms with van der Waals surface area (Å²) in [5.41, 5.74) is -0.277. The van der Waals surface area contributed by atoms with Crippen molar-refractivity contribution in [3.63, 3.8) is 0 Å². The summed E-state index contributed by atoms with van der Waals surface area (Å²) < 4.78 is 0. The van der Waals surface area contributed by atoms with E-state index in [2.05, 4.69) is 9.80 Å². The van der Waals surface area contributed by atoms with Crippen molar-refractivity contribution in [1.29, 1.82) is 0 Å². The fourth-order valence-corrected chi connectivity index (χ4v) is 4.62. The smallest absolute Gasteiger partial charge is 0.227 e. The molecule has 5 heteroatoms. The summed E-state index contributed by atoms with van der Waals surface area (Å²) in [5.74, 6) is 0.931. The molecule has 3 aliphatic heterocycles. The Morgan fingerprint density at radius 2 is 1.32 bits per heavy atom. The molecule has 0 spiro atoms. The van der Waals surface area contributed by atoms with Crippen LogP contribution in [0.2, 0.25) is 0 Å². The molecule has 3 aliphatic rings. The Kier molecular flexibility index (Phi) is 5.71. The molecule has 3 fully saturated rings. The van der Waals surface area contributed by atoms with Gasteiger partial charge in [0.05, 0.1) is 0 Å². The predicted molar refractivity (Wildman–Crippen MR) is 99.2 cm³/mol. The lowest BCUT2D eigenvalue weighted by molar-refractivity contribution is -0.141. The lowest BCUT2D eigenvalue weighted by Gasteiger charge is -2.43. The zero-order valence-corrected chi connectivity index (χ0v) is 16.3. The summed E-state index contributed by atoms with van der Waals surface area (Å²) in [4.78, 5) is 31.7. The molecule has 0 aromatic heterocycles. The van der Waals surface area contributed by atoms with Gasteiger partial charge in [-0.1, -0.05) is 20.8 Å². The van der Waals surface area contributed by atoms with Crippen molar-refractivity contribution in [1.82, 2.24) is 14.7 Å². The van der Waals surface area contributed by atoms with Gasteiger partial charge in [-0.3, -0.25) is 9.59 Å². The Morgan fingerprint density at radius 3 is 1.84 bits per heavy atom. The van der Waals surface area contributed by atoms with Crippen LogP contribution >= 0.6 is 0 Å². The van der Waals surface area contributed by atoms with Crippen LogP contribution in [0.5, 0.6) is 0 Å². The highest BCUT2D eigenvalue weighted by molar-refractivity contribution is 5.81. The van der Waals surface area contributed by atoms with Crippen LogP contribution in [-0.4, -0.2) is 71.8 Å². The van der Waals surface area contributed by atoms with Crippen molar-refractivity contribution >= 4 is 11.8 Å². The maximum absolute atomic E-state index is 12.6. The molecule has 3 saturated heterocycles. The Labute approximate surface area is 152 Å². The molecule has 0 bridgehead atoms. The summed E-state index contributed by atoms with van der Waals surface area (Å²) in [6.07, 6.45) is 6.53. The molecular formula is C20H35N3O2. The monoisotopic (exact) mass is 349 g/mol. The summed E-state index contributed by atoms with van der Waals surface area (Å²) >= 11 is 0. The second-order valence-electron chi connectivity index (χ2n) is 9.12. The fraction of sp³-hybridized carbons (Fsp3) is 0.900. The van der Waals surface area contributed by atoms with Gasteiger partial charge in [-0.25, -0.2) is 0 Å². The van der Waals surface area contributed by atoms with Crippen LogP contribution in [0.4, 0.5) is 0 Å². The molecular weight excluding hydrogens is 314 g/mol. The third-order valence-electron chi connectivity index (χ3n) is 6.21. The van der Waals surface area contributed by atoms with E-state index in [4.69, 9.17) is 0 Å². The molecule has 25 heavy (non-hydrogen) atoms. The summed E-state index contributed by atoms with van der Waals surface area (Å²) in [6, 6.07) is 0.590. The first-order valence-electron chi connectivity index (χ1n) is 10.2. The van der Waals surface area contributed by atoms with Gasteiger partial charge in [0.15, 0.2) is 0 Å². The van der Waals surface area contributed by atoms with E-state index in [1.807, 2.05) is 25.7 Å². The van der Waals surface area contributed by atoms with Crippen LogP contribution in [0, 0.1) is 11.3 Å². The van der Waals surface area contributed by atoms with Gasteiger partial charge < -0.3 is 14.7 Å². The highest BCUT2D eigenvalue weighted by Crippen LogP contribution is 2.27. The average molecular weight is 350 g/mol. The van der Waals surface area contributed by atoms with Gasteiger partial charge in [0.2, 0.25) is 11.8 Å². The number of amides is 2. The third kappa shape index (κ3) is 4.36. The third-order valence-corrected chi connectivity index (χ3v) is 6.21. The number of hydrogen-bond donors (Lipinski definition) is 0. The van der Waals surface area contributed by atoms with Gasteiger partial charge in [0, 0.05) is 43.6 Å². The fourth-order valence-electron chi connectivity index (χ4n) is 4.62. The van der Waals surface area contributed by atoms with Crippen LogP contribution in [0.1, 0.15) is 59.3 Å². The van der Waals surface area contributed by atoms with Crippen molar-refractivity contribution in [3.8, 4) is 0 Å². The van der Waals surface area contributed by atoms with E-state index in [1.54, 1.807) is 0 Å². The number of nitrogens with zero attached hydrogens (tertiary/aromatic N) is 3. The van der Waals surface area contributed by atoms with Gasteiger partial charge in [-0.05, 0) is 51.6 Å². The summed E-state index contributed by atoms with van der Waals surface area (Å²) in [5, 5.41) is 0. The van der Waals surface area contributed by atoms with Gasteiger partial charge in [-0.15, -0.1) is 0 Å². The maximum atomic E-state index is 12.6. The first-order valence-corrected chi connectivity index (χ1v) is 10.2. The van der Waals surface area contributed by atoms with Crippen molar-refractivity contribution in [2.45, 2.75) is 65.3 Å². The molecule has 2 amide bonds. The van der Waals surface area contributed by atoms with Gasteiger partial charge in [0.25, 0.3) is 0 Å². The lowest BCUT2D eigenvalue weighted by atomic mass is 9.90. The zero-order chi connectivity index (χ0) is 18.0. The molecule has 5 nitrogen and oxygen atoms in total. The molecule has 0 saturated carbocycles. The quantitative estimate of drug-likeness (QED) is 0.769. The van der Waals surface area contributed by atoms with Crippen LogP contribution in [0.15, 0.2) is 0 Å². The normalized spacial score (nSPS) is 24.8. The minimum absolute atomic E-state index is 0.247. The molecule has 0 atom stereocenters. The second kappa shape index (κ2) is 7.65. The van der Waals surface area contributed by atoms with E-state index in [9.17, 15) is 9.59 Å². The summed E-state index contributed by atoms with van der Waals surface area (Å²) in [6.45, 7) is 11.8.